The molecule has 2 aliphatic rings. The monoisotopic (exact) mass is 370 g/mol. The van der Waals surface area contributed by atoms with Crippen molar-refractivity contribution in [2.24, 2.45) is 0 Å². The minimum atomic E-state index is -1.65. The van der Waals surface area contributed by atoms with Crippen molar-refractivity contribution < 1.29 is 54.3 Å². The summed E-state index contributed by atoms with van der Waals surface area (Å²) in [7, 11) is 2.74. The molecule has 0 aromatic heterocycles. The van der Waals surface area contributed by atoms with Crippen LogP contribution >= 0.6 is 0 Å². The van der Waals surface area contributed by atoms with Crippen molar-refractivity contribution in [2.45, 2.75) is 61.4 Å². The van der Waals surface area contributed by atoms with Crippen LogP contribution in [-0.2, 0) is 23.7 Å². The van der Waals surface area contributed by atoms with Crippen LogP contribution in [0.25, 0.3) is 0 Å². The van der Waals surface area contributed by atoms with Crippen molar-refractivity contribution in [1.29, 1.82) is 0 Å². The fraction of sp³-hybridized carbons (Fsp3) is 1.00. The van der Waals surface area contributed by atoms with Crippen LogP contribution in [0.4, 0.5) is 0 Å². The average molecular weight is 370 g/mol. The Morgan fingerprint density at radius 2 is 1.28 bits per heavy atom. The van der Waals surface area contributed by atoms with Gasteiger partial charge in [0.15, 0.2) is 12.6 Å². The standard InChI is InChI=1S/C14H26O11/c1-21-3-5-7(15)8(16)11(19)14(24-5)25-12-6(4-22-2)23-13(20)10(18)9(12)17/h5-20H,3-4H2,1-2H3/t5-,6-,7-,8+,9-,10-,11-,12-,13+,14-/m1/s1. The fourth-order valence-electron chi connectivity index (χ4n) is 2.87. The van der Waals surface area contributed by atoms with Crippen LogP contribution in [0.2, 0.25) is 0 Å². The van der Waals surface area contributed by atoms with Crippen molar-refractivity contribution in [3.05, 3.63) is 0 Å². The van der Waals surface area contributed by atoms with Gasteiger partial charge in [0.25, 0.3) is 0 Å². The Kier molecular flexibility index (Phi) is 7.49. The van der Waals surface area contributed by atoms with Crippen LogP contribution in [0.3, 0.4) is 0 Å². The summed E-state index contributed by atoms with van der Waals surface area (Å²) < 4.78 is 25.9. The first-order valence-electron chi connectivity index (χ1n) is 7.84. The molecule has 0 unspecified atom stereocenters. The predicted molar refractivity (Wildman–Crippen MR) is 78.2 cm³/mol. The second-order valence-electron chi connectivity index (χ2n) is 6.07. The quantitative estimate of drug-likeness (QED) is 0.269. The summed E-state index contributed by atoms with van der Waals surface area (Å²) in [5, 5.41) is 59.4. The number of ether oxygens (including phenoxy) is 5. The topological polar surface area (TPSA) is 168 Å². The molecule has 2 rings (SSSR count). The van der Waals surface area contributed by atoms with Crippen LogP contribution in [0.5, 0.6) is 0 Å². The van der Waals surface area contributed by atoms with E-state index in [1.165, 1.54) is 14.2 Å². The molecule has 6 N–H and O–H groups in total. The highest BCUT2D eigenvalue weighted by Gasteiger charge is 2.50. The van der Waals surface area contributed by atoms with Gasteiger partial charge in [0.2, 0.25) is 0 Å². The molecular weight excluding hydrogens is 344 g/mol. The van der Waals surface area contributed by atoms with Gasteiger partial charge in [0, 0.05) is 14.2 Å². The average Bonchev–Trinajstić information content (AvgIpc) is 2.58. The van der Waals surface area contributed by atoms with Gasteiger partial charge in [0.1, 0.15) is 48.8 Å². The molecule has 2 fully saturated rings. The Hall–Kier alpha value is -0.440. The van der Waals surface area contributed by atoms with E-state index in [2.05, 4.69) is 0 Å². The maximum Gasteiger partial charge on any atom is 0.187 e. The summed E-state index contributed by atoms with van der Waals surface area (Å²) in [5.41, 5.74) is 0. The van der Waals surface area contributed by atoms with Crippen molar-refractivity contribution in [3.63, 3.8) is 0 Å². The largest absolute Gasteiger partial charge is 0.387 e. The summed E-state index contributed by atoms with van der Waals surface area (Å²) in [6.07, 6.45) is -14.1. The highest BCUT2D eigenvalue weighted by molar-refractivity contribution is 4.93. The zero-order valence-electron chi connectivity index (χ0n) is 13.9. The summed E-state index contributed by atoms with van der Waals surface area (Å²) >= 11 is 0. The van der Waals surface area contributed by atoms with Crippen molar-refractivity contribution in [2.75, 3.05) is 27.4 Å². The molecule has 0 bridgehead atoms. The number of hydrogen-bond donors (Lipinski definition) is 6. The summed E-state index contributed by atoms with van der Waals surface area (Å²) in [6, 6.07) is 0. The van der Waals surface area contributed by atoms with Gasteiger partial charge in [-0.15, -0.1) is 0 Å². The molecule has 2 saturated heterocycles. The van der Waals surface area contributed by atoms with Crippen LogP contribution in [-0.4, -0.2) is 119 Å². The van der Waals surface area contributed by atoms with Crippen LogP contribution in [0.1, 0.15) is 0 Å². The van der Waals surface area contributed by atoms with E-state index >= 15 is 0 Å². The van der Waals surface area contributed by atoms with Gasteiger partial charge < -0.3 is 54.3 Å². The van der Waals surface area contributed by atoms with E-state index in [-0.39, 0.29) is 13.2 Å². The number of rotatable bonds is 6. The van der Waals surface area contributed by atoms with E-state index in [0.29, 0.717) is 0 Å². The van der Waals surface area contributed by atoms with Gasteiger partial charge >= 0.3 is 0 Å². The van der Waals surface area contributed by atoms with Gasteiger partial charge in [-0.3, -0.25) is 0 Å². The molecule has 0 spiro atoms. The molecular formula is C14H26O11. The number of hydrogen-bond acceptors (Lipinski definition) is 11. The molecule has 25 heavy (non-hydrogen) atoms. The SMILES string of the molecule is COC[C@H]1O[C@H](O[C@H]2[C@H](O)[C@@H](O)[C@@H](O)O[C@@H]2COC)[C@H](O)[C@@H](O)[C@@H]1O. The molecule has 0 saturated carbocycles. The first-order valence-corrected chi connectivity index (χ1v) is 7.84. The second-order valence-corrected chi connectivity index (χ2v) is 6.07. The lowest BCUT2D eigenvalue weighted by Gasteiger charge is -2.45. The van der Waals surface area contributed by atoms with Gasteiger partial charge in [-0.05, 0) is 0 Å². The molecule has 148 valence electrons. The van der Waals surface area contributed by atoms with Crippen molar-refractivity contribution >= 4 is 0 Å². The maximum atomic E-state index is 10.2. The van der Waals surface area contributed by atoms with E-state index in [9.17, 15) is 30.6 Å². The second kappa shape index (κ2) is 8.97. The molecule has 0 radical (unpaired) electrons. The first kappa shape index (κ1) is 20.9. The van der Waals surface area contributed by atoms with E-state index < -0.39 is 61.4 Å². The number of methoxy groups -OCH3 is 2. The molecule has 11 heteroatoms. The molecule has 0 amide bonds. The summed E-state index contributed by atoms with van der Waals surface area (Å²) in [6.45, 7) is -0.154. The third-order valence-electron chi connectivity index (χ3n) is 4.28. The minimum absolute atomic E-state index is 0.0721. The minimum Gasteiger partial charge on any atom is -0.387 e. The van der Waals surface area contributed by atoms with Crippen molar-refractivity contribution in [1.82, 2.24) is 0 Å². The lowest BCUT2D eigenvalue weighted by atomic mass is 9.97. The van der Waals surface area contributed by atoms with E-state index in [4.69, 9.17) is 23.7 Å². The maximum absolute atomic E-state index is 10.2. The Morgan fingerprint density at radius 3 is 1.88 bits per heavy atom. The molecule has 2 aliphatic heterocycles. The molecule has 0 aromatic carbocycles. The van der Waals surface area contributed by atoms with E-state index in [1.807, 2.05) is 0 Å². The zero-order chi connectivity index (χ0) is 18.7. The molecule has 0 aliphatic carbocycles. The highest BCUT2D eigenvalue weighted by atomic mass is 16.7. The van der Waals surface area contributed by atoms with Gasteiger partial charge in [-0.2, -0.15) is 0 Å². The lowest BCUT2D eigenvalue weighted by Crippen LogP contribution is -2.64. The molecule has 10 atom stereocenters. The number of aliphatic hydroxyl groups excluding tert-OH is 6. The van der Waals surface area contributed by atoms with Gasteiger partial charge in [0.05, 0.1) is 13.2 Å². The zero-order valence-corrected chi connectivity index (χ0v) is 13.9. The molecule has 0 aromatic rings. The predicted octanol–water partition coefficient (Wildman–Crippen LogP) is -4.09. The Morgan fingerprint density at radius 1 is 0.680 bits per heavy atom. The fourth-order valence-corrected chi connectivity index (χ4v) is 2.87. The van der Waals surface area contributed by atoms with Gasteiger partial charge in [-0.1, -0.05) is 0 Å². The third-order valence-corrected chi connectivity index (χ3v) is 4.28. The van der Waals surface area contributed by atoms with Crippen molar-refractivity contribution in [3.8, 4) is 0 Å². The molecule has 2 heterocycles. The van der Waals surface area contributed by atoms with Gasteiger partial charge in [-0.25, -0.2) is 0 Å². The first-order chi connectivity index (χ1) is 11.8. The number of aliphatic hydroxyl groups is 6. The Labute approximate surface area is 144 Å². The molecule has 11 nitrogen and oxygen atoms in total. The summed E-state index contributed by atoms with van der Waals surface area (Å²) in [4.78, 5) is 0. The normalized spacial score (nSPS) is 48.5. The Bertz CT molecular complexity index is 410. The lowest BCUT2D eigenvalue weighted by molar-refractivity contribution is -0.355. The third kappa shape index (κ3) is 4.46. The van der Waals surface area contributed by atoms with E-state index in [0.717, 1.165) is 0 Å². The smallest absolute Gasteiger partial charge is 0.187 e. The van der Waals surface area contributed by atoms with Crippen LogP contribution in [0, 0.1) is 0 Å². The highest BCUT2D eigenvalue weighted by Crippen LogP contribution is 2.28. The van der Waals surface area contributed by atoms with Crippen LogP contribution < -0.4 is 0 Å². The van der Waals surface area contributed by atoms with Crippen LogP contribution in [0.15, 0.2) is 0 Å². The summed E-state index contributed by atoms with van der Waals surface area (Å²) in [5.74, 6) is 0. The Balaban J connectivity index is 2.13. The van der Waals surface area contributed by atoms with E-state index in [1.54, 1.807) is 0 Å².